The van der Waals surface area contributed by atoms with Crippen molar-refractivity contribution in [1.29, 1.82) is 0 Å². The third kappa shape index (κ3) is 4.85. The first-order chi connectivity index (χ1) is 6.15. The summed E-state index contributed by atoms with van der Waals surface area (Å²) in [6.45, 7) is 1.87. The molecule has 0 rings (SSSR count). The Bertz CT molecular complexity index is 143. The van der Waals surface area contributed by atoms with Crippen molar-refractivity contribution in [2.75, 3.05) is 14.2 Å². The van der Waals surface area contributed by atoms with Crippen LogP contribution < -0.4 is 0 Å². The van der Waals surface area contributed by atoms with E-state index in [-0.39, 0.29) is 12.2 Å². The van der Waals surface area contributed by atoms with Crippen LogP contribution in [0.1, 0.15) is 26.2 Å². The van der Waals surface area contributed by atoms with Gasteiger partial charge in [0.05, 0.1) is 5.92 Å². The second kappa shape index (κ2) is 6.86. The lowest BCUT2D eigenvalue weighted by Crippen LogP contribution is -2.18. The van der Waals surface area contributed by atoms with Gasteiger partial charge < -0.3 is 14.6 Å². The molecule has 4 nitrogen and oxygen atoms in total. The summed E-state index contributed by atoms with van der Waals surface area (Å²) in [4.78, 5) is 10.6. The first kappa shape index (κ1) is 12.4. The highest BCUT2D eigenvalue weighted by atomic mass is 16.7. The molecule has 0 heterocycles. The minimum Gasteiger partial charge on any atom is -0.481 e. The van der Waals surface area contributed by atoms with Crippen molar-refractivity contribution in [3.63, 3.8) is 0 Å². The molecule has 0 fully saturated rings. The fourth-order valence-corrected chi connectivity index (χ4v) is 1.17. The summed E-state index contributed by atoms with van der Waals surface area (Å²) in [6.07, 6.45) is 1.58. The minimum atomic E-state index is -0.742. The van der Waals surface area contributed by atoms with E-state index >= 15 is 0 Å². The van der Waals surface area contributed by atoms with Crippen LogP contribution in [0.15, 0.2) is 0 Å². The zero-order valence-corrected chi connectivity index (χ0v) is 8.45. The van der Waals surface area contributed by atoms with Gasteiger partial charge in [0.25, 0.3) is 0 Å². The fourth-order valence-electron chi connectivity index (χ4n) is 1.17. The molecule has 1 N–H and O–H groups in total. The van der Waals surface area contributed by atoms with Crippen LogP contribution in [0.4, 0.5) is 0 Å². The fraction of sp³-hybridized carbons (Fsp3) is 0.889. The van der Waals surface area contributed by atoms with Gasteiger partial charge in [0, 0.05) is 14.2 Å². The number of methoxy groups -OCH3 is 2. The number of carboxylic acid groups (broad SMARTS) is 1. The molecule has 0 spiro atoms. The quantitative estimate of drug-likeness (QED) is 0.618. The Morgan fingerprint density at radius 2 is 1.85 bits per heavy atom. The van der Waals surface area contributed by atoms with Crippen molar-refractivity contribution in [2.24, 2.45) is 5.92 Å². The summed E-state index contributed by atoms with van der Waals surface area (Å²) in [5.74, 6) is -1.03. The van der Waals surface area contributed by atoms with Gasteiger partial charge in [-0.3, -0.25) is 4.79 Å². The van der Waals surface area contributed by atoms with Gasteiger partial charge in [-0.05, 0) is 19.3 Å². The highest BCUT2D eigenvalue weighted by Crippen LogP contribution is 2.14. The summed E-state index contributed by atoms with van der Waals surface area (Å²) in [5, 5.41) is 8.75. The summed E-state index contributed by atoms with van der Waals surface area (Å²) in [6, 6.07) is 0. The van der Waals surface area contributed by atoms with Crippen LogP contribution in [-0.2, 0) is 14.3 Å². The van der Waals surface area contributed by atoms with Crippen LogP contribution in [0.3, 0.4) is 0 Å². The van der Waals surface area contributed by atoms with E-state index in [1.807, 2.05) is 6.92 Å². The number of carboxylic acids is 1. The zero-order chi connectivity index (χ0) is 10.3. The molecular formula is C9H18O4. The average molecular weight is 190 g/mol. The predicted molar refractivity (Wildman–Crippen MR) is 48.5 cm³/mol. The molecular weight excluding hydrogens is 172 g/mol. The predicted octanol–water partition coefficient (Wildman–Crippen LogP) is 1.50. The van der Waals surface area contributed by atoms with Crippen LogP contribution in [0.25, 0.3) is 0 Å². The van der Waals surface area contributed by atoms with Crippen molar-refractivity contribution in [2.45, 2.75) is 32.5 Å². The Kier molecular flexibility index (Phi) is 6.54. The van der Waals surface area contributed by atoms with Crippen LogP contribution >= 0.6 is 0 Å². The van der Waals surface area contributed by atoms with Gasteiger partial charge >= 0.3 is 5.97 Å². The largest absolute Gasteiger partial charge is 0.481 e. The van der Waals surface area contributed by atoms with E-state index in [1.165, 1.54) is 0 Å². The maximum absolute atomic E-state index is 10.6. The van der Waals surface area contributed by atoms with Crippen molar-refractivity contribution in [3.05, 3.63) is 0 Å². The van der Waals surface area contributed by atoms with Crippen LogP contribution in [0.5, 0.6) is 0 Å². The second-order valence-electron chi connectivity index (χ2n) is 2.92. The van der Waals surface area contributed by atoms with E-state index in [0.717, 1.165) is 0 Å². The molecule has 0 unspecified atom stereocenters. The molecule has 0 saturated heterocycles. The van der Waals surface area contributed by atoms with E-state index in [4.69, 9.17) is 14.6 Å². The van der Waals surface area contributed by atoms with E-state index in [9.17, 15) is 4.79 Å². The zero-order valence-electron chi connectivity index (χ0n) is 8.45. The van der Waals surface area contributed by atoms with Crippen molar-refractivity contribution in [3.8, 4) is 0 Å². The standard InChI is InChI=1S/C9H18O4/c1-4-7(9(10)11)5-6-8(12-2)13-3/h7-8H,4-6H2,1-3H3,(H,10,11)/t7-/m0/s1. The molecule has 13 heavy (non-hydrogen) atoms. The Morgan fingerprint density at radius 1 is 1.31 bits per heavy atom. The van der Waals surface area contributed by atoms with Crippen LogP contribution in [-0.4, -0.2) is 31.6 Å². The molecule has 4 heteroatoms. The number of hydrogen-bond donors (Lipinski definition) is 1. The van der Waals surface area contributed by atoms with Gasteiger partial charge in [0.2, 0.25) is 0 Å². The Hall–Kier alpha value is -0.610. The monoisotopic (exact) mass is 190 g/mol. The Labute approximate surface area is 78.8 Å². The molecule has 0 aliphatic rings. The van der Waals surface area contributed by atoms with Gasteiger partial charge in [-0.15, -0.1) is 0 Å². The van der Waals surface area contributed by atoms with Crippen molar-refractivity contribution >= 4 is 5.97 Å². The summed E-state index contributed by atoms with van der Waals surface area (Å²) in [7, 11) is 3.10. The normalized spacial score (nSPS) is 13.2. The lowest BCUT2D eigenvalue weighted by Gasteiger charge is -2.15. The topological polar surface area (TPSA) is 55.8 Å². The molecule has 0 radical (unpaired) electrons. The Balaban J connectivity index is 3.76. The van der Waals surface area contributed by atoms with Gasteiger partial charge in [-0.25, -0.2) is 0 Å². The summed E-state index contributed by atoms with van der Waals surface area (Å²) in [5.41, 5.74) is 0. The third-order valence-corrected chi connectivity index (χ3v) is 2.12. The SMILES string of the molecule is CC[C@@H](CCC(OC)OC)C(=O)O. The first-order valence-corrected chi connectivity index (χ1v) is 4.44. The summed E-state index contributed by atoms with van der Waals surface area (Å²) >= 11 is 0. The van der Waals surface area contributed by atoms with Crippen LogP contribution in [0.2, 0.25) is 0 Å². The van der Waals surface area contributed by atoms with E-state index < -0.39 is 5.97 Å². The van der Waals surface area contributed by atoms with Gasteiger partial charge in [-0.1, -0.05) is 6.92 Å². The lowest BCUT2D eigenvalue weighted by atomic mass is 10.0. The first-order valence-electron chi connectivity index (χ1n) is 4.44. The lowest BCUT2D eigenvalue weighted by molar-refractivity contribution is -0.143. The van der Waals surface area contributed by atoms with Gasteiger partial charge in [-0.2, -0.15) is 0 Å². The molecule has 0 aromatic rings. The molecule has 0 amide bonds. The van der Waals surface area contributed by atoms with E-state index in [2.05, 4.69) is 0 Å². The minimum absolute atomic E-state index is 0.284. The van der Waals surface area contributed by atoms with Gasteiger partial charge in [0.15, 0.2) is 6.29 Å². The third-order valence-electron chi connectivity index (χ3n) is 2.12. The van der Waals surface area contributed by atoms with E-state index in [0.29, 0.717) is 19.3 Å². The van der Waals surface area contributed by atoms with Gasteiger partial charge in [0.1, 0.15) is 0 Å². The van der Waals surface area contributed by atoms with E-state index in [1.54, 1.807) is 14.2 Å². The Morgan fingerprint density at radius 3 is 2.15 bits per heavy atom. The second-order valence-corrected chi connectivity index (χ2v) is 2.92. The number of aliphatic carboxylic acids is 1. The highest BCUT2D eigenvalue weighted by molar-refractivity contribution is 5.69. The number of hydrogen-bond acceptors (Lipinski definition) is 3. The molecule has 0 aromatic carbocycles. The highest BCUT2D eigenvalue weighted by Gasteiger charge is 2.17. The maximum Gasteiger partial charge on any atom is 0.306 e. The molecule has 0 aliphatic heterocycles. The van der Waals surface area contributed by atoms with Crippen molar-refractivity contribution in [1.82, 2.24) is 0 Å². The number of rotatable bonds is 7. The molecule has 0 aliphatic carbocycles. The maximum atomic E-state index is 10.6. The molecule has 0 saturated carbocycles. The van der Waals surface area contributed by atoms with Crippen molar-refractivity contribution < 1.29 is 19.4 Å². The molecule has 0 bridgehead atoms. The number of ether oxygens (including phenoxy) is 2. The number of carbonyl (C=O) groups is 1. The smallest absolute Gasteiger partial charge is 0.306 e. The van der Waals surface area contributed by atoms with Crippen LogP contribution in [0, 0.1) is 5.92 Å². The average Bonchev–Trinajstić information content (AvgIpc) is 2.12. The molecule has 0 aromatic heterocycles. The molecule has 78 valence electrons. The molecule has 1 atom stereocenters. The summed E-state index contributed by atoms with van der Waals surface area (Å²) < 4.78 is 9.92.